The van der Waals surface area contributed by atoms with Crippen LogP contribution in [-0.2, 0) is 5.11 Å². The molecular weight excluding hydrogens is 133 g/mol. The highest BCUT2D eigenvalue weighted by molar-refractivity contribution is 4.99. The maximum Gasteiger partial charge on any atom is 0.399 e. The Hall–Kier alpha value is -0.690. The number of alkyl halides is 3. The van der Waals surface area contributed by atoms with Crippen molar-refractivity contribution in [1.29, 1.82) is 0 Å². The van der Waals surface area contributed by atoms with Crippen LogP contribution >= 0.6 is 0 Å². The quantitative estimate of drug-likeness (QED) is 0.449. The van der Waals surface area contributed by atoms with Gasteiger partial charge in [0.25, 0.3) is 0 Å². The maximum atomic E-state index is 11.2. The van der Waals surface area contributed by atoms with Crippen molar-refractivity contribution in [3.05, 3.63) is 0 Å². The number of halogens is 3. The normalized spacial score (nSPS) is 10.2. The molecule has 0 saturated carbocycles. The molecule has 0 amide bonds. The highest BCUT2D eigenvalue weighted by Gasteiger charge is 2.24. The largest absolute Gasteiger partial charge is 0.399 e. The smallest absolute Gasteiger partial charge is 0.223 e. The van der Waals surface area contributed by atoms with E-state index in [-0.39, 0.29) is 0 Å². The summed E-state index contributed by atoms with van der Waals surface area (Å²) in [6.07, 6.45) is -5.45. The van der Waals surface area contributed by atoms with Crippen LogP contribution in [0.3, 0.4) is 0 Å². The fourth-order valence-electron chi connectivity index (χ4n) is 0.214. The summed E-state index contributed by atoms with van der Waals surface area (Å²) in [5.74, 6) is 3.47. The summed E-state index contributed by atoms with van der Waals surface area (Å²) in [5.41, 5.74) is 0. The molecule has 0 heterocycles. The van der Waals surface area contributed by atoms with Crippen molar-refractivity contribution >= 4 is 0 Å². The van der Waals surface area contributed by atoms with Gasteiger partial charge in [-0.05, 0) is 0 Å². The van der Waals surface area contributed by atoms with Crippen LogP contribution in [0.4, 0.5) is 13.2 Å². The second kappa shape index (κ2) is 3.36. The molecule has 0 N–H and O–H groups in total. The Balaban J connectivity index is 3.50. The Labute approximate surface area is 50.5 Å². The van der Waals surface area contributed by atoms with Gasteiger partial charge in [-0.15, -0.1) is 0 Å². The highest BCUT2D eigenvalue weighted by atomic mass is 19.4. The van der Waals surface area contributed by atoms with Gasteiger partial charge in [0.2, 0.25) is 0 Å². The van der Waals surface area contributed by atoms with Crippen molar-refractivity contribution in [3.63, 3.8) is 0 Å². The third kappa shape index (κ3) is 7.31. The van der Waals surface area contributed by atoms with Crippen LogP contribution in [0.15, 0.2) is 0 Å². The first-order valence-electron chi connectivity index (χ1n) is 2.17. The average molecular weight is 137 g/mol. The van der Waals surface area contributed by atoms with E-state index < -0.39 is 19.2 Å². The molecule has 0 atom stereocenters. The van der Waals surface area contributed by atoms with Crippen LogP contribution in [-0.4, -0.2) is 12.8 Å². The molecule has 51 valence electrons. The van der Waals surface area contributed by atoms with Gasteiger partial charge in [0.05, 0.1) is 0 Å². The predicted octanol–water partition coefficient (Wildman–Crippen LogP) is 1.37. The van der Waals surface area contributed by atoms with E-state index in [4.69, 9.17) is 0 Å². The van der Waals surface area contributed by atoms with Gasteiger partial charge in [-0.2, -0.15) is 13.2 Å². The van der Waals surface area contributed by atoms with E-state index in [9.17, 15) is 18.3 Å². The number of hydrogen-bond donors (Lipinski definition) is 0. The molecule has 0 bridgehead atoms. The summed E-state index contributed by atoms with van der Waals surface area (Å²) in [5, 5.41) is 9.47. The lowest BCUT2D eigenvalue weighted by Crippen LogP contribution is -2.04. The van der Waals surface area contributed by atoms with E-state index in [0.29, 0.717) is 0 Å². The number of rotatable bonds is 0. The van der Waals surface area contributed by atoms with Crippen LogP contribution in [0, 0.1) is 11.8 Å². The molecule has 1 nitrogen and oxygen atoms in total. The van der Waals surface area contributed by atoms with Crippen molar-refractivity contribution in [2.45, 2.75) is 12.6 Å². The Morgan fingerprint density at radius 3 is 2.11 bits per heavy atom. The van der Waals surface area contributed by atoms with Gasteiger partial charge >= 0.3 is 6.18 Å². The van der Waals surface area contributed by atoms with Crippen molar-refractivity contribution in [1.82, 2.24) is 0 Å². The van der Waals surface area contributed by atoms with Crippen molar-refractivity contribution in [2.24, 2.45) is 0 Å². The summed E-state index contributed by atoms with van der Waals surface area (Å²) in [6.45, 7) is -0.768. The molecule has 1 radical (unpaired) electrons. The van der Waals surface area contributed by atoms with E-state index in [1.807, 2.05) is 0 Å². The van der Waals surface area contributed by atoms with Crippen LogP contribution in [0.2, 0.25) is 0 Å². The predicted molar refractivity (Wildman–Crippen MR) is 24.0 cm³/mol. The van der Waals surface area contributed by atoms with Gasteiger partial charge in [0, 0.05) is 0 Å². The molecule has 0 unspecified atom stereocenters. The lowest BCUT2D eigenvalue weighted by molar-refractivity contribution is -0.123. The molecule has 0 aliphatic rings. The monoisotopic (exact) mass is 137 g/mol. The first kappa shape index (κ1) is 8.31. The van der Waals surface area contributed by atoms with Gasteiger partial charge in [-0.1, -0.05) is 11.8 Å². The van der Waals surface area contributed by atoms with E-state index in [0.717, 1.165) is 0 Å². The third-order valence-corrected chi connectivity index (χ3v) is 0.486. The first-order chi connectivity index (χ1) is 4.06. The zero-order valence-corrected chi connectivity index (χ0v) is 4.46. The van der Waals surface area contributed by atoms with Gasteiger partial charge in [0.1, 0.15) is 13.0 Å². The van der Waals surface area contributed by atoms with Gasteiger partial charge < -0.3 is 0 Å². The molecule has 0 spiro atoms. The topological polar surface area (TPSA) is 19.9 Å². The summed E-state index contributed by atoms with van der Waals surface area (Å²) in [7, 11) is 0. The van der Waals surface area contributed by atoms with E-state index in [1.165, 1.54) is 0 Å². The van der Waals surface area contributed by atoms with Crippen molar-refractivity contribution < 1.29 is 18.3 Å². The molecule has 0 aliphatic heterocycles. The van der Waals surface area contributed by atoms with Gasteiger partial charge in [-0.3, -0.25) is 0 Å². The SMILES string of the molecule is [O]CC#CCC(F)(F)F. The average Bonchev–Trinajstić information content (AvgIpc) is 1.63. The van der Waals surface area contributed by atoms with Crippen LogP contribution < -0.4 is 0 Å². The lowest BCUT2D eigenvalue weighted by atomic mass is 10.4. The molecule has 9 heavy (non-hydrogen) atoms. The highest BCUT2D eigenvalue weighted by Crippen LogP contribution is 2.17. The van der Waals surface area contributed by atoms with Crippen LogP contribution in [0.5, 0.6) is 0 Å². The zero-order chi connectivity index (χ0) is 7.33. The van der Waals surface area contributed by atoms with E-state index in [2.05, 4.69) is 0 Å². The second-order valence-corrected chi connectivity index (χ2v) is 1.29. The van der Waals surface area contributed by atoms with E-state index >= 15 is 0 Å². The Kier molecular flexibility index (Phi) is 3.10. The maximum absolute atomic E-state index is 11.2. The molecule has 0 saturated heterocycles. The van der Waals surface area contributed by atoms with Crippen LogP contribution in [0.25, 0.3) is 0 Å². The van der Waals surface area contributed by atoms with Crippen LogP contribution in [0.1, 0.15) is 6.42 Å². The second-order valence-electron chi connectivity index (χ2n) is 1.29. The minimum Gasteiger partial charge on any atom is -0.223 e. The fourth-order valence-corrected chi connectivity index (χ4v) is 0.214. The van der Waals surface area contributed by atoms with Crippen molar-refractivity contribution in [3.8, 4) is 11.8 Å². The molecule has 0 aromatic heterocycles. The minimum absolute atomic E-state index is 0.768. The molecule has 0 aromatic rings. The third-order valence-electron chi connectivity index (χ3n) is 0.486. The zero-order valence-electron chi connectivity index (χ0n) is 4.46. The molecule has 0 rings (SSSR count). The summed E-state index contributed by atoms with van der Waals surface area (Å²) < 4.78 is 33.5. The minimum atomic E-state index is -4.26. The molecule has 0 fully saturated rings. The molecule has 4 heteroatoms. The molecular formula is C5H4F3O. The van der Waals surface area contributed by atoms with Gasteiger partial charge in [0.15, 0.2) is 0 Å². The van der Waals surface area contributed by atoms with Gasteiger partial charge in [-0.25, -0.2) is 5.11 Å². The standard InChI is InChI=1S/C5H4F3O/c6-5(7,8)3-1-2-4-9/h3-4H2. The Morgan fingerprint density at radius 1 is 1.22 bits per heavy atom. The fraction of sp³-hybridized carbons (Fsp3) is 0.600. The molecule has 0 aromatic carbocycles. The van der Waals surface area contributed by atoms with E-state index in [1.54, 1.807) is 11.8 Å². The molecule has 0 aliphatic carbocycles. The summed E-state index contributed by atoms with van der Waals surface area (Å²) in [4.78, 5) is 0. The lowest BCUT2D eigenvalue weighted by Gasteiger charge is -1.96. The number of hydrogen-bond acceptors (Lipinski definition) is 0. The Morgan fingerprint density at radius 2 is 1.78 bits per heavy atom. The summed E-state index contributed by atoms with van der Waals surface area (Å²) >= 11 is 0. The summed E-state index contributed by atoms with van der Waals surface area (Å²) in [6, 6.07) is 0. The first-order valence-corrected chi connectivity index (χ1v) is 2.17. The van der Waals surface area contributed by atoms with Crippen molar-refractivity contribution in [2.75, 3.05) is 6.61 Å². The Bertz CT molecular complexity index is 127.